The Balaban J connectivity index is 0.997. The summed E-state index contributed by atoms with van der Waals surface area (Å²) in [7, 11) is 0. The molecule has 0 aliphatic heterocycles. The van der Waals surface area contributed by atoms with Crippen molar-refractivity contribution in [1.82, 2.24) is 14.4 Å². The van der Waals surface area contributed by atoms with Gasteiger partial charge in [-0.3, -0.25) is 4.98 Å². The maximum atomic E-state index is 5.45. The lowest BCUT2D eigenvalue weighted by Gasteiger charge is -2.34. The monoisotopic (exact) mass is 785 g/mol. The van der Waals surface area contributed by atoms with Crippen LogP contribution in [0.3, 0.4) is 0 Å². The minimum absolute atomic E-state index is 0.591. The maximum Gasteiger partial charge on any atom is 0.0979 e. The second-order valence-electron chi connectivity index (χ2n) is 16.8. The van der Waals surface area contributed by atoms with Crippen LogP contribution in [0.5, 0.6) is 0 Å². The largest absolute Gasteiger partial charge is 0.308 e. The summed E-state index contributed by atoms with van der Waals surface area (Å²) in [6.07, 6.45) is 1.96. The van der Waals surface area contributed by atoms with Crippen molar-refractivity contribution in [3.8, 4) is 33.5 Å². The highest BCUT2D eigenvalue weighted by Gasteiger charge is 2.46. The lowest BCUT2D eigenvalue weighted by molar-refractivity contribution is 0.769. The van der Waals surface area contributed by atoms with Crippen LogP contribution >= 0.6 is 0 Å². The highest BCUT2D eigenvalue weighted by Crippen LogP contribution is 2.57. The molecule has 0 unspecified atom stereocenters. The van der Waals surface area contributed by atoms with Gasteiger partial charge in [-0.05, 0) is 85.6 Å². The summed E-state index contributed by atoms with van der Waals surface area (Å²) in [5.41, 5.74) is 16.8. The Bertz CT molecular complexity index is 3900. The van der Waals surface area contributed by atoms with Gasteiger partial charge in [0.25, 0.3) is 0 Å². The first-order valence-electron chi connectivity index (χ1n) is 21.4. The van der Waals surface area contributed by atoms with E-state index in [0.29, 0.717) is 0 Å². The molecule has 0 amide bonds. The zero-order valence-electron chi connectivity index (χ0n) is 33.5. The highest BCUT2D eigenvalue weighted by atomic mass is 14.9. The SMILES string of the molecule is c1ccc(C2(c3ccccc3)c3cc(-c4ccc5c(c4)c4cccc6c7ccccc7n5c64)ccc3-c3ccc(-c4cnc5c6ccccc6c6ccccc6c5n4)cc32)cc1. The molecule has 1 aliphatic carbocycles. The molecule has 0 N–H and O–H groups in total. The van der Waals surface area contributed by atoms with E-state index in [1.54, 1.807) is 0 Å². The number of para-hydroxylation sites is 2. The molecule has 0 spiro atoms. The van der Waals surface area contributed by atoms with Crippen molar-refractivity contribution in [1.29, 1.82) is 0 Å². The molecule has 0 saturated heterocycles. The van der Waals surface area contributed by atoms with Crippen molar-refractivity contribution in [3.63, 3.8) is 0 Å². The molecule has 3 nitrogen and oxygen atoms in total. The number of rotatable bonds is 4. The van der Waals surface area contributed by atoms with Gasteiger partial charge in [0.1, 0.15) is 0 Å². The molecule has 62 heavy (non-hydrogen) atoms. The van der Waals surface area contributed by atoms with Gasteiger partial charge in [0, 0.05) is 37.9 Å². The molecule has 0 fully saturated rings. The van der Waals surface area contributed by atoms with E-state index in [-0.39, 0.29) is 0 Å². The molecule has 1 aliphatic rings. The Labute approximate surface area is 357 Å². The minimum Gasteiger partial charge on any atom is -0.308 e. The minimum atomic E-state index is -0.591. The molecule has 0 radical (unpaired) electrons. The highest BCUT2D eigenvalue weighted by molar-refractivity contribution is 6.24. The molecule has 14 rings (SSSR count). The van der Waals surface area contributed by atoms with Gasteiger partial charge in [-0.1, -0.05) is 176 Å². The Hall–Kier alpha value is -8.14. The molecule has 3 heterocycles. The van der Waals surface area contributed by atoms with Gasteiger partial charge in [0.15, 0.2) is 0 Å². The summed E-state index contributed by atoms with van der Waals surface area (Å²) in [5.74, 6) is 0. The number of nitrogens with zero attached hydrogens (tertiary/aromatic N) is 3. The first-order chi connectivity index (χ1) is 30.8. The van der Waals surface area contributed by atoms with E-state index in [9.17, 15) is 0 Å². The summed E-state index contributed by atoms with van der Waals surface area (Å²) < 4.78 is 2.45. The molecule has 3 aromatic heterocycles. The Morgan fingerprint density at radius 3 is 1.55 bits per heavy atom. The Kier molecular flexibility index (Phi) is 6.76. The number of hydrogen-bond acceptors (Lipinski definition) is 2. The number of hydrogen-bond donors (Lipinski definition) is 0. The van der Waals surface area contributed by atoms with Gasteiger partial charge in [-0.15, -0.1) is 0 Å². The summed E-state index contributed by atoms with van der Waals surface area (Å²) in [4.78, 5) is 10.6. The molecule has 0 atom stereocenters. The van der Waals surface area contributed by atoms with Crippen LogP contribution in [0.1, 0.15) is 22.3 Å². The fraction of sp³-hybridized carbons (Fsp3) is 0.0169. The van der Waals surface area contributed by atoms with Crippen LogP contribution in [0, 0.1) is 0 Å². The van der Waals surface area contributed by atoms with E-state index >= 15 is 0 Å². The van der Waals surface area contributed by atoms with E-state index in [4.69, 9.17) is 9.97 Å². The smallest absolute Gasteiger partial charge is 0.0979 e. The third-order valence-corrected chi connectivity index (χ3v) is 13.8. The van der Waals surface area contributed by atoms with Gasteiger partial charge in [0.05, 0.1) is 44.9 Å². The lowest BCUT2D eigenvalue weighted by Crippen LogP contribution is -2.28. The topological polar surface area (TPSA) is 30.2 Å². The van der Waals surface area contributed by atoms with Crippen LogP contribution in [-0.2, 0) is 5.41 Å². The summed E-state index contributed by atoms with van der Waals surface area (Å²) in [5, 5.41) is 9.79. The first-order valence-corrected chi connectivity index (χ1v) is 21.4. The van der Waals surface area contributed by atoms with Crippen molar-refractivity contribution in [2.24, 2.45) is 0 Å². The van der Waals surface area contributed by atoms with Crippen LogP contribution in [0.25, 0.3) is 104 Å². The first kappa shape index (κ1) is 33.7. The van der Waals surface area contributed by atoms with Crippen LogP contribution in [0.4, 0.5) is 0 Å². The molecule has 3 heteroatoms. The Morgan fingerprint density at radius 2 is 0.855 bits per heavy atom. The summed E-state index contributed by atoms with van der Waals surface area (Å²) in [6.45, 7) is 0. The molecular formula is C59H35N3. The average Bonchev–Trinajstić information content (AvgIpc) is 3.97. The van der Waals surface area contributed by atoms with Crippen molar-refractivity contribution in [3.05, 3.63) is 235 Å². The van der Waals surface area contributed by atoms with Gasteiger partial charge >= 0.3 is 0 Å². The van der Waals surface area contributed by atoms with E-state index < -0.39 is 5.41 Å². The molecule has 10 aromatic carbocycles. The zero-order valence-corrected chi connectivity index (χ0v) is 33.5. The molecule has 286 valence electrons. The number of fused-ring (bicyclic) bond motifs is 15. The van der Waals surface area contributed by atoms with Gasteiger partial charge in [-0.25, -0.2) is 4.98 Å². The van der Waals surface area contributed by atoms with Crippen molar-refractivity contribution in [2.75, 3.05) is 0 Å². The zero-order chi connectivity index (χ0) is 40.5. The summed E-state index contributed by atoms with van der Waals surface area (Å²) >= 11 is 0. The van der Waals surface area contributed by atoms with Crippen molar-refractivity contribution >= 4 is 70.7 Å². The normalized spacial score (nSPS) is 13.3. The predicted octanol–water partition coefficient (Wildman–Crippen LogP) is 14.8. The van der Waals surface area contributed by atoms with Crippen molar-refractivity contribution < 1.29 is 0 Å². The van der Waals surface area contributed by atoms with E-state index in [1.165, 1.54) is 93.4 Å². The van der Waals surface area contributed by atoms with Crippen LogP contribution in [0.2, 0.25) is 0 Å². The molecule has 0 bridgehead atoms. The third kappa shape index (κ3) is 4.39. The Morgan fingerprint density at radius 1 is 0.355 bits per heavy atom. The van der Waals surface area contributed by atoms with Gasteiger partial charge < -0.3 is 4.40 Å². The van der Waals surface area contributed by atoms with E-state index in [1.807, 2.05) is 6.20 Å². The molecular weight excluding hydrogens is 751 g/mol. The van der Waals surface area contributed by atoms with E-state index in [2.05, 4.69) is 211 Å². The van der Waals surface area contributed by atoms with Crippen LogP contribution in [0.15, 0.2) is 212 Å². The number of aromatic nitrogens is 3. The fourth-order valence-corrected chi connectivity index (χ4v) is 11.2. The fourth-order valence-electron chi connectivity index (χ4n) is 11.2. The maximum absolute atomic E-state index is 5.45. The molecule has 13 aromatic rings. The van der Waals surface area contributed by atoms with Crippen LogP contribution < -0.4 is 0 Å². The average molecular weight is 786 g/mol. The predicted molar refractivity (Wildman–Crippen MR) is 257 cm³/mol. The third-order valence-electron chi connectivity index (χ3n) is 13.8. The second kappa shape index (κ2) is 12.4. The van der Waals surface area contributed by atoms with E-state index in [0.717, 1.165) is 33.1 Å². The number of benzene rings is 10. The second-order valence-corrected chi connectivity index (χ2v) is 16.8. The quantitative estimate of drug-likeness (QED) is 0.166. The summed E-state index contributed by atoms with van der Waals surface area (Å²) in [6, 6.07) is 75.9. The lowest BCUT2D eigenvalue weighted by atomic mass is 9.67. The van der Waals surface area contributed by atoms with Gasteiger partial charge in [0.2, 0.25) is 0 Å². The van der Waals surface area contributed by atoms with Crippen molar-refractivity contribution in [2.45, 2.75) is 5.41 Å². The van der Waals surface area contributed by atoms with Gasteiger partial charge in [-0.2, -0.15) is 0 Å². The standard InChI is InChI=1S/C59H35N3/c1-3-14-39(15-4-1)59(40-16-5-2-6-17-40)51-33-37(36-28-31-55-50(32-36)49-24-13-23-48-45-20-11-12-25-54(45)62(55)58(48)49)26-29-43(51)44-30-27-38(34-52(44)59)53-35-60-56-46-21-9-7-18-41(46)42-19-8-10-22-47(42)57(56)61-53/h1-35H. The van der Waals surface area contributed by atoms with Crippen LogP contribution in [-0.4, -0.2) is 14.4 Å². The molecule has 0 saturated carbocycles.